The van der Waals surface area contributed by atoms with Crippen molar-refractivity contribution in [2.24, 2.45) is 10.9 Å². The number of benzene rings is 1. The minimum atomic E-state index is -0.936. The smallest absolute Gasteiger partial charge is 0.312 e. The zero-order valence-electron chi connectivity index (χ0n) is 19.0. The molecule has 33 heavy (non-hydrogen) atoms. The van der Waals surface area contributed by atoms with Gasteiger partial charge in [-0.25, -0.2) is 4.99 Å². The molecular weight excluding hydrogens is 440 g/mol. The number of carboxylic acids is 1. The van der Waals surface area contributed by atoms with Crippen molar-refractivity contribution in [3.05, 3.63) is 64.5 Å². The van der Waals surface area contributed by atoms with E-state index in [1.165, 1.54) is 18.0 Å². The molecule has 7 nitrogen and oxygen atoms in total. The van der Waals surface area contributed by atoms with Gasteiger partial charge in [0.15, 0.2) is 5.78 Å². The maximum atomic E-state index is 12.5. The number of allylic oxidation sites excluding steroid dienone is 3. The van der Waals surface area contributed by atoms with Gasteiger partial charge in [-0.05, 0) is 67.2 Å². The predicted molar refractivity (Wildman–Crippen MR) is 129 cm³/mol. The molecule has 3 rings (SSSR count). The van der Waals surface area contributed by atoms with Crippen molar-refractivity contribution >= 4 is 35.6 Å². The van der Waals surface area contributed by atoms with E-state index in [-0.39, 0.29) is 22.7 Å². The van der Waals surface area contributed by atoms with Crippen molar-refractivity contribution in [3.8, 4) is 5.75 Å². The van der Waals surface area contributed by atoms with Crippen LogP contribution >= 0.6 is 11.8 Å². The fraction of sp³-hybridized carbons (Fsp3) is 0.360. The molecule has 0 radical (unpaired) electrons. The number of hydrogen-bond acceptors (Lipinski definition) is 6. The quantitative estimate of drug-likeness (QED) is 0.564. The first-order valence-electron chi connectivity index (χ1n) is 10.7. The molecule has 2 atom stereocenters. The molecule has 2 N–H and O–H groups in total. The predicted octanol–water partition coefficient (Wildman–Crippen LogP) is 3.71. The van der Waals surface area contributed by atoms with Crippen LogP contribution in [0.25, 0.3) is 0 Å². The summed E-state index contributed by atoms with van der Waals surface area (Å²) in [6.07, 6.45) is 6.39. The van der Waals surface area contributed by atoms with Crippen LogP contribution in [0.4, 0.5) is 0 Å². The number of aliphatic carboxylic acids is 1. The van der Waals surface area contributed by atoms with Crippen LogP contribution in [0.15, 0.2) is 64.0 Å². The van der Waals surface area contributed by atoms with Gasteiger partial charge in [0, 0.05) is 17.9 Å². The minimum absolute atomic E-state index is 0.0491. The van der Waals surface area contributed by atoms with Crippen LogP contribution in [0, 0.1) is 5.92 Å². The van der Waals surface area contributed by atoms with Crippen LogP contribution in [0.3, 0.4) is 0 Å². The van der Waals surface area contributed by atoms with Gasteiger partial charge in [-0.15, -0.1) is 11.8 Å². The van der Waals surface area contributed by atoms with Crippen LogP contribution in [0.2, 0.25) is 0 Å². The van der Waals surface area contributed by atoms with Crippen LogP contribution in [-0.4, -0.2) is 47.1 Å². The maximum absolute atomic E-state index is 12.5. The van der Waals surface area contributed by atoms with E-state index in [0.29, 0.717) is 25.1 Å². The van der Waals surface area contributed by atoms with Crippen molar-refractivity contribution < 1.29 is 24.2 Å². The van der Waals surface area contributed by atoms with Crippen molar-refractivity contribution in [1.82, 2.24) is 5.32 Å². The van der Waals surface area contributed by atoms with Gasteiger partial charge in [0.05, 0.1) is 18.8 Å². The second-order valence-corrected chi connectivity index (χ2v) is 9.12. The largest absolute Gasteiger partial charge is 0.497 e. The average Bonchev–Trinajstić information content (AvgIpc) is 2.81. The summed E-state index contributed by atoms with van der Waals surface area (Å²) in [6, 6.07) is 7.81. The summed E-state index contributed by atoms with van der Waals surface area (Å²) in [7, 11) is 1.63. The summed E-state index contributed by atoms with van der Waals surface area (Å²) in [6.45, 7) is 3.79. The second kappa shape index (κ2) is 11.1. The number of rotatable bonds is 8. The zero-order chi connectivity index (χ0) is 24.0. The molecule has 174 valence electrons. The highest BCUT2D eigenvalue weighted by molar-refractivity contribution is 8.00. The molecule has 0 saturated heterocycles. The SMILES string of the molecule is COc1ccc(CC=C2CC(=O)C(C)=C(C)C2SCC(=O)NC2=CCC(C(=O)O)C=N2)cc1. The highest BCUT2D eigenvalue weighted by atomic mass is 32.2. The zero-order valence-corrected chi connectivity index (χ0v) is 19.8. The number of carboxylic acid groups (broad SMARTS) is 1. The monoisotopic (exact) mass is 468 g/mol. The molecule has 1 aliphatic carbocycles. The number of ether oxygens (including phenoxy) is 1. The van der Waals surface area contributed by atoms with E-state index in [2.05, 4.69) is 16.4 Å². The number of ketones is 1. The number of carbonyl (C=O) groups is 3. The number of amides is 1. The third kappa shape index (κ3) is 6.44. The van der Waals surface area contributed by atoms with Gasteiger partial charge in [0.1, 0.15) is 11.6 Å². The van der Waals surface area contributed by atoms with Crippen molar-refractivity contribution in [2.75, 3.05) is 12.9 Å². The van der Waals surface area contributed by atoms with Gasteiger partial charge in [0.2, 0.25) is 5.91 Å². The van der Waals surface area contributed by atoms with E-state index in [1.807, 2.05) is 38.1 Å². The molecule has 1 aromatic carbocycles. The molecule has 0 aromatic heterocycles. The van der Waals surface area contributed by atoms with E-state index < -0.39 is 11.9 Å². The number of nitrogens with one attached hydrogen (secondary N) is 1. The highest BCUT2D eigenvalue weighted by Crippen LogP contribution is 2.35. The molecule has 0 fully saturated rings. The number of methoxy groups -OCH3 is 1. The molecule has 2 unspecified atom stereocenters. The van der Waals surface area contributed by atoms with E-state index in [1.54, 1.807) is 13.2 Å². The highest BCUT2D eigenvalue weighted by Gasteiger charge is 2.28. The molecule has 1 aliphatic heterocycles. The standard InChI is InChI=1S/C25H28N2O5S/c1-15-16(2)24(33-14-23(29)27-22-11-8-19(13-26-22)25(30)31)18(12-21(15)28)7-4-17-5-9-20(32-3)10-6-17/h5-7,9-11,13,19,24H,4,8,12,14H2,1-3H3,(H,27,29)(H,30,31). The molecule has 1 aromatic rings. The summed E-state index contributed by atoms with van der Waals surface area (Å²) in [5, 5.41) is 11.7. The van der Waals surface area contributed by atoms with E-state index in [9.17, 15) is 14.4 Å². The Balaban J connectivity index is 1.65. The Kier molecular flexibility index (Phi) is 8.27. The Hall–Kier alpha value is -3.13. The topological polar surface area (TPSA) is 105 Å². The first-order chi connectivity index (χ1) is 15.8. The van der Waals surface area contributed by atoms with Crippen molar-refractivity contribution in [2.45, 2.75) is 38.4 Å². The average molecular weight is 469 g/mol. The molecular formula is C25H28N2O5S. The Morgan fingerprint density at radius 3 is 2.61 bits per heavy atom. The van der Waals surface area contributed by atoms with Gasteiger partial charge >= 0.3 is 5.97 Å². The van der Waals surface area contributed by atoms with Gasteiger partial charge in [-0.2, -0.15) is 0 Å². The molecule has 0 saturated carbocycles. The van der Waals surface area contributed by atoms with Crippen LogP contribution < -0.4 is 10.1 Å². The summed E-state index contributed by atoms with van der Waals surface area (Å²) in [4.78, 5) is 40.0. The van der Waals surface area contributed by atoms with Crippen LogP contribution in [-0.2, 0) is 20.8 Å². The van der Waals surface area contributed by atoms with Gasteiger partial charge < -0.3 is 15.2 Å². The van der Waals surface area contributed by atoms with Gasteiger partial charge in [-0.1, -0.05) is 18.2 Å². The lowest BCUT2D eigenvalue weighted by Gasteiger charge is -2.27. The van der Waals surface area contributed by atoms with Crippen LogP contribution in [0.5, 0.6) is 5.75 Å². The third-order valence-electron chi connectivity index (χ3n) is 5.79. The Bertz CT molecular complexity index is 1050. The Labute approximate surface area is 197 Å². The first kappa shape index (κ1) is 24.5. The van der Waals surface area contributed by atoms with E-state index in [0.717, 1.165) is 28.0 Å². The van der Waals surface area contributed by atoms with Gasteiger partial charge in [0.25, 0.3) is 0 Å². The molecule has 1 amide bonds. The molecule has 0 spiro atoms. The van der Waals surface area contributed by atoms with E-state index >= 15 is 0 Å². The summed E-state index contributed by atoms with van der Waals surface area (Å²) in [5.74, 6) is -0.333. The lowest BCUT2D eigenvalue weighted by Crippen LogP contribution is -2.29. The molecule has 1 heterocycles. The summed E-state index contributed by atoms with van der Waals surface area (Å²) in [5.41, 5.74) is 3.86. The summed E-state index contributed by atoms with van der Waals surface area (Å²) >= 11 is 1.48. The fourth-order valence-electron chi connectivity index (χ4n) is 3.64. The van der Waals surface area contributed by atoms with Gasteiger partial charge in [-0.3, -0.25) is 14.4 Å². The molecule has 2 aliphatic rings. The molecule has 0 bridgehead atoms. The maximum Gasteiger partial charge on any atom is 0.312 e. The minimum Gasteiger partial charge on any atom is -0.497 e. The van der Waals surface area contributed by atoms with Crippen molar-refractivity contribution in [3.63, 3.8) is 0 Å². The third-order valence-corrected chi connectivity index (χ3v) is 7.21. The van der Waals surface area contributed by atoms with Crippen LogP contribution in [0.1, 0.15) is 32.3 Å². The lowest BCUT2D eigenvalue weighted by molar-refractivity contribution is -0.139. The summed E-state index contributed by atoms with van der Waals surface area (Å²) < 4.78 is 5.20. The number of nitrogens with zero attached hydrogens (tertiary/aromatic N) is 1. The number of aliphatic imine (C=N–C) groups is 1. The Morgan fingerprint density at radius 2 is 2.00 bits per heavy atom. The second-order valence-electron chi connectivity index (χ2n) is 8.03. The van der Waals surface area contributed by atoms with Crippen molar-refractivity contribution in [1.29, 1.82) is 0 Å². The first-order valence-corrected chi connectivity index (χ1v) is 11.7. The molecule has 8 heteroatoms. The lowest BCUT2D eigenvalue weighted by atomic mass is 9.87. The normalized spacial score (nSPS) is 21.7. The Morgan fingerprint density at radius 1 is 1.27 bits per heavy atom. The number of Topliss-reactive ketones (excluding diaryl/α,β-unsaturated/α-hetero) is 1. The number of thioether (sulfide) groups is 1. The fourth-order valence-corrected chi connectivity index (χ4v) is 4.85. The number of hydrogen-bond donors (Lipinski definition) is 2. The number of carbonyl (C=O) groups excluding carboxylic acids is 2. The van der Waals surface area contributed by atoms with E-state index in [4.69, 9.17) is 9.84 Å².